The molecule has 3 aromatic carbocycles. The molecule has 0 aromatic heterocycles. The Labute approximate surface area is 227 Å². The Morgan fingerprint density at radius 1 is 0.622 bits per heavy atom. The standard InChI is InChI=1S/C35H47OP/c1-20-16-21(2)25(6)31(24(20)5)29-14-13-15-30(32-26(7)22(3)17-23(4)27(32)8)33(29)37-34(9,10)18-28(36)19-35(37,11)12/h13-17,28,36H,18-19H2,1-12H3. The summed E-state index contributed by atoms with van der Waals surface area (Å²) in [5.74, 6) is 0. The Bertz CT molecular complexity index is 1220. The molecule has 3 aromatic rings. The van der Waals surface area contributed by atoms with Crippen LogP contribution in [0.3, 0.4) is 0 Å². The van der Waals surface area contributed by atoms with Gasteiger partial charge < -0.3 is 5.11 Å². The molecule has 0 atom stereocenters. The van der Waals surface area contributed by atoms with Crippen molar-refractivity contribution in [1.29, 1.82) is 0 Å². The van der Waals surface area contributed by atoms with E-state index in [0.29, 0.717) is 0 Å². The van der Waals surface area contributed by atoms with Gasteiger partial charge in [0.2, 0.25) is 0 Å². The van der Waals surface area contributed by atoms with Crippen molar-refractivity contribution in [3.8, 4) is 22.3 Å². The maximum absolute atomic E-state index is 11.0. The van der Waals surface area contributed by atoms with Gasteiger partial charge in [-0.3, -0.25) is 0 Å². The van der Waals surface area contributed by atoms with Gasteiger partial charge in [0.05, 0.1) is 6.10 Å². The quantitative estimate of drug-likeness (QED) is 0.345. The first-order valence-corrected chi connectivity index (χ1v) is 15.2. The van der Waals surface area contributed by atoms with Crippen molar-refractivity contribution < 1.29 is 5.11 Å². The van der Waals surface area contributed by atoms with E-state index in [1.807, 2.05) is 0 Å². The van der Waals surface area contributed by atoms with Crippen LogP contribution in [0.2, 0.25) is 0 Å². The fourth-order valence-corrected chi connectivity index (χ4v) is 11.8. The van der Waals surface area contributed by atoms with E-state index in [9.17, 15) is 5.11 Å². The predicted molar refractivity (Wildman–Crippen MR) is 165 cm³/mol. The first-order valence-electron chi connectivity index (χ1n) is 13.9. The molecule has 4 rings (SSSR count). The molecule has 0 spiro atoms. The molecule has 2 heteroatoms. The van der Waals surface area contributed by atoms with Gasteiger partial charge in [0.15, 0.2) is 0 Å². The highest BCUT2D eigenvalue weighted by Gasteiger charge is 2.49. The van der Waals surface area contributed by atoms with Crippen LogP contribution in [0, 0.1) is 55.4 Å². The normalized spacial score (nSPS) is 20.8. The van der Waals surface area contributed by atoms with Crippen LogP contribution in [0.4, 0.5) is 0 Å². The number of hydrogen-bond donors (Lipinski definition) is 1. The van der Waals surface area contributed by atoms with Gasteiger partial charge in [-0.15, -0.1) is 0 Å². The number of rotatable bonds is 3. The smallest absolute Gasteiger partial charge is 0.0557 e. The third-order valence-electron chi connectivity index (χ3n) is 9.21. The van der Waals surface area contributed by atoms with Gasteiger partial charge in [0.25, 0.3) is 0 Å². The van der Waals surface area contributed by atoms with Gasteiger partial charge in [-0.05, 0) is 151 Å². The lowest BCUT2D eigenvalue weighted by molar-refractivity contribution is 0.125. The summed E-state index contributed by atoms with van der Waals surface area (Å²) in [5, 5.41) is 12.5. The van der Waals surface area contributed by atoms with Crippen LogP contribution in [0.25, 0.3) is 22.3 Å². The highest BCUT2D eigenvalue weighted by molar-refractivity contribution is 7.69. The largest absolute Gasteiger partial charge is 0.393 e. The summed E-state index contributed by atoms with van der Waals surface area (Å²) in [6, 6.07) is 11.7. The molecule has 0 radical (unpaired) electrons. The van der Waals surface area contributed by atoms with Crippen molar-refractivity contribution >= 4 is 13.2 Å². The number of aliphatic hydroxyl groups is 1. The average molecular weight is 515 g/mol. The molecule has 1 fully saturated rings. The van der Waals surface area contributed by atoms with E-state index in [-0.39, 0.29) is 16.4 Å². The second-order valence-corrected chi connectivity index (χ2v) is 16.5. The molecule has 0 amide bonds. The zero-order valence-corrected chi connectivity index (χ0v) is 26.2. The van der Waals surface area contributed by atoms with Crippen LogP contribution in [0.5, 0.6) is 0 Å². The van der Waals surface area contributed by atoms with Crippen LogP contribution in [0.1, 0.15) is 85.0 Å². The first-order chi connectivity index (χ1) is 17.1. The molecule has 1 heterocycles. The minimum absolute atomic E-state index is 0.0166. The summed E-state index contributed by atoms with van der Waals surface area (Å²) in [4.78, 5) is 0. The number of benzene rings is 3. The molecule has 37 heavy (non-hydrogen) atoms. The molecule has 0 aliphatic carbocycles. The second-order valence-electron chi connectivity index (χ2n) is 13.0. The molecule has 1 nitrogen and oxygen atoms in total. The third-order valence-corrected chi connectivity index (χ3v) is 12.9. The van der Waals surface area contributed by atoms with Crippen LogP contribution in [-0.4, -0.2) is 21.5 Å². The summed E-state index contributed by atoms with van der Waals surface area (Å²) in [6.07, 6.45) is 1.46. The van der Waals surface area contributed by atoms with Gasteiger partial charge in [-0.1, -0.05) is 65.9 Å². The number of hydrogen-bond acceptors (Lipinski definition) is 1. The molecule has 1 aliphatic rings. The Kier molecular flexibility index (Phi) is 7.33. The number of aryl methyl sites for hydroxylation is 4. The fraction of sp³-hybridized carbons (Fsp3) is 0.486. The lowest BCUT2D eigenvalue weighted by Gasteiger charge is -2.53. The van der Waals surface area contributed by atoms with Gasteiger partial charge in [0, 0.05) is 0 Å². The van der Waals surface area contributed by atoms with E-state index < -0.39 is 7.92 Å². The summed E-state index contributed by atoms with van der Waals surface area (Å²) < 4.78 is 0. The first kappa shape index (κ1) is 28.1. The monoisotopic (exact) mass is 514 g/mol. The molecule has 0 unspecified atom stereocenters. The highest BCUT2D eigenvalue weighted by Crippen LogP contribution is 2.67. The zero-order chi connectivity index (χ0) is 27.6. The van der Waals surface area contributed by atoms with Gasteiger partial charge in [-0.25, -0.2) is 0 Å². The van der Waals surface area contributed by atoms with Crippen molar-refractivity contribution in [2.75, 3.05) is 0 Å². The number of aliphatic hydroxyl groups excluding tert-OH is 1. The van der Waals surface area contributed by atoms with Crippen molar-refractivity contribution in [1.82, 2.24) is 0 Å². The average Bonchev–Trinajstić information content (AvgIpc) is 2.76. The van der Waals surface area contributed by atoms with Crippen molar-refractivity contribution in [2.24, 2.45) is 0 Å². The summed E-state index contributed by atoms with van der Waals surface area (Å²) >= 11 is 0. The molecule has 0 bridgehead atoms. The summed E-state index contributed by atoms with van der Waals surface area (Å²) in [7, 11) is -0.617. The van der Waals surface area contributed by atoms with Crippen molar-refractivity contribution in [2.45, 2.75) is 112 Å². The molecule has 1 saturated heterocycles. The van der Waals surface area contributed by atoms with E-state index in [2.05, 4.69) is 113 Å². The van der Waals surface area contributed by atoms with Gasteiger partial charge in [-0.2, -0.15) is 0 Å². The Balaban J connectivity index is 2.22. The molecule has 198 valence electrons. The van der Waals surface area contributed by atoms with Crippen molar-refractivity contribution in [3.63, 3.8) is 0 Å². The fourth-order valence-electron chi connectivity index (χ4n) is 7.26. The minimum atomic E-state index is -0.617. The van der Waals surface area contributed by atoms with Crippen LogP contribution in [0.15, 0.2) is 30.3 Å². The maximum Gasteiger partial charge on any atom is 0.0557 e. The third kappa shape index (κ3) is 4.72. The predicted octanol–water partition coefficient (Wildman–Crippen LogP) is 9.31. The van der Waals surface area contributed by atoms with E-state index in [0.717, 1.165) is 12.8 Å². The Morgan fingerprint density at radius 2 is 0.946 bits per heavy atom. The minimum Gasteiger partial charge on any atom is -0.393 e. The molecule has 0 saturated carbocycles. The maximum atomic E-state index is 11.0. The summed E-state index contributed by atoms with van der Waals surface area (Å²) in [6.45, 7) is 27.8. The lowest BCUT2D eigenvalue weighted by Crippen LogP contribution is -2.45. The summed E-state index contributed by atoms with van der Waals surface area (Å²) in [5.41, 5.74) is 16.6. The van der Waals surface area contributed by atoms with Gasteiger partial charge >= 0.3 is 0 Å². The molecule has 1 N–H and O–H groups in total. The lowest BCUT2D eigenvalue weighted by atomic mass is 9.85. The highest BCUT2D eigenvalue weighted by atomic mass is 31.1. The SMILES string of the molecule is Cc1cc(C)c(C)c(-c2cccc(-c3c(C)c(C)cc(C)c3C)c2P2C(C)(C)CC(O)CC2(C)C)c1C. The van der Waals surface area contributed by atoms with E-state index in [1.54, 1.807) is 0 Å². The zero-order valence-electron chi connectivity index (χ0n) is 25.3. The van der Waals surface area contributed by atoms with Crippen molar-refractivity contribution in [3.05, 3.63) is 74.8 Å². The van der Waals surface area contributed by atoms with Gasteiger partial charge in [0.1, 0.15) is 0 Å². The van der Waals surface area contributed by atoms with E-state index >= 15 is 0 Å². The van der Waals surface area contributed by atoms with Crippen LogP contribution in [-0.2, 0) is 0 Å². The van der Waals surface area contributed by atoms with Crippen LogP contribution < -0.4 is 5.30 Å². The molecular formula is C35H47OP. The van der Waals surface area contributed by atoms with E-state index in [1.165, 1.54) is 72.1 Å². The second kappa shape index (κ2) is 9.66. The molecule has 1 aliphatic heterocycles. The topological polar surface area (TPSA) is 20.2 Å². The Morgan fingerprint density at radius 3 is 1.27 bits per heavy atom. The van der Waals surface area contributed by atoms with Crippen LogP contribution >= 0.6 is 7.92 Å². The van der Waals surface area contributed by atoms with E-state index in [4.69, 9.17) is 0 Å². The Hall–Kier alpha value is -1.95. The molecular weight excluding hydrogens is 467 g/mol.